The van der Waals surface area contributed by atoms with Gasteiger partial charge in [-0.2, -0.15) is 0 Å². The minimum atomic E-state index is -0.380. The van der Waals surface area contributed by atoms with Crippen LogP contribution in [0.3, 0.4) is 0 Å². The number of alkyl halides is 1. The van der Waals surface area contributed by atoms with E-state index in [2.05, 4.69) is 72.6 Å². The Balaban J connectivity index is 0.000000226. The molecule has 30 heavy (non-hydrogen) atoms. The third-order valence-electron chi connectivity index (χ3n) is 4.17. The van der Waals surface area contributed by atoms with E-state index in [1.54, 1.807) is 6.20 Å². The van der Waals surface area contributed by atoms with Crippen LogP contribution in [0, 0.1) is 13.8 Å². The summed E-state index contributed by atoms with van der Waals surface area (Å²) in [6.45, 7) is 11.4. The highest BCUT2D eigenvalue weighted by Crippen LogP contribution is 2.04. The summed E-state index contributed by atoms with van der Waals surface area (Å²) in [5, 5.41) is 15.3. The quantitative estimate of drug-likeness (QED) is 0.511. The van der Waals surface area contributed by atoms with Gasteiger partial charge in [0.25, 0.3) is 0 Å². The summed E-state index contributed by atoms with van der Waals surface area (Å²) >= 11 is 0. The Kier molecular flexibility index (Phi) is 13.0. The van der Waals surface area contributed by atoms with Crippen molar-refractivity contribution in [1.29, 1.82) is 0 Å². The molecule has 0 saturated carbocycles. The Bertz CT molecular complexity index is 774. The van der Waals surface area contributed by atoms with Gasteiger partial charge in [0.15, 0.2) is 0 Å². The second kappa shape index (κ2) is 15.3. The summed E-state index contributed by atoms with van der Waals surface area (Å²) in [7, 11) is 0. The predicted octanol–water partition coefficient (Wildman–Crippen LogP) is 5.14. The molecule has 0 aliphatic rings. The van der Waals surface area contributed by atoms with Crippen molar-refractivity contribution in [3.63, 3.8) is 0 Å². The van der Waals surface area contributed by atoms with Crippen LogP contribution in [0.4, 0.5) is 4.39 Å². The Morgan fingerprint density at radius 1 is 0.767 bits per heavy atom. The van der Waals surface area contributed by atoms with E-state index in [4.69, 9.17) is 0 Å². The van der Waals surface area contributed by atoms with E-state index in [0.29, 0.717) is 6.54 Å². The van der Waals surface area contributed by atoms with Crippen molar-refractivity contribution in [3.05, 3.63) is 59.2 Å². The van der Waals surface area contributed by atoms with E-state index in [9.17, 15) is 4.39 Å². The standard InChI is InChI=1S/C10H14.C7H12FN3.C6H11N3/c1-3-4-10-7-5-9(2)6-8-10;1-2-3-7-6-11(5-4-8)10-9-7;1-3-4-9-5-6(2)7-8-9/h5-8H,3-4H2,1-2H3;6H,2-5H2,1H3;5H,3-4H2,1-2H3/i;8-1;. The predicted molar refractivity (Wildman–Crippen MR) is 120 cm³/mol. The minimum Gasteiger partial charge on any atom is -0.252 e. The first-order valence-corrected chi connectivity index (χ1v) is 10.9. The second-order valence-corrected chi connectivity index (χ2v) is 7.27. The van der Waals surface area contributed by atoms with Crippen molar-refractivity contribution in [1.82, 2.24) is 30.0 Å². The molecule has 7 heteroatoms. The number of halogens is 1. The lowest BCUT2D eigenvalue weighted by Gasteiger charge is -1.97. The van der Waals surface area contributed by atoms with Crippen LogP contribution in [0.15, 0.2) is 36.7 Å². The first-order valence-electron chi connectivity index (χ1n) is 10.9. The normalized spacial score (nSPS) is 10.1. The largest absolute Gasteiger partial charge is 0.252 e. The number of nitrogens with zero attached hydrogens (tertiary/aromatic N) is 6. The minimum absolute atomic E-state index is 0.316. The van der Waals surface area contributed by atoms with Crippen molar-refractivity contribution in [3.8, 4) is 0 Å². The monoisotopic (exact) mass is 415 g/mol. The van der Waals surface area contributed by atoms with E-state index >= 15 is 0 Å². The Morgan fingerprint density at radius 3 is 1.93 bits per heavy atom. The molecule has 0 fully saturated rings. The molecule has 0 N–H and O–H groups in total. The van der Waals surface area contributed by atoms with Crippen molar-refractivity contribution < 1.29 is 4.39 Å². The fourth-order valence-electron chi connectivity index (χ4n) is 2.68. The molecule has 0 saturated heterocycles. The fraction of sp³-hybridized carbons (Fsp3) is 0.565. The van der Waals surface area contributed by atoms with Crippen molar-refractivity contribution >= 4 is 0 Å². The number of hydrogen-bond donors (Lipinski definition) is 0. The van der Waals surface area contributed by atoms with Gasteiger partial charge in [0, 0.05) is 18.9 Å². The van der Waals surface area contributed by atoms with Gasteiger partial charge < -0.3 is 0 Å². The lowest BCUT2D eigenvalue weighted by Crippen LogP contribution is -1.99. The van der Waals surface area contributed by atoms with Crippen LogP contribution < -0.4 is 0 Å². The smallest absolute Gasteiger partial charge is 0.109 e. The first-order chi connectivity index (χ1) is 14.5. The van der Waals surface area contributed by atoms with Gasteiger partial charge in [-0.05, 0) is 38.7 Å². The molecular formula is C23H37FN6. The summed E-state index contributed by atoms with van der Waals surface area (Å²) in [6.07, 6.45) is 9.28. The SMILES string of the molecule is CCCc1ccc(C)cc1.CCCc1cn(CC[18F])nn1.CCCn1cc(C)nn1. The Hall–Kier alpha value is -2.57. The maximum Gasteiger partial charge on any atom is 0.109 e. The Morgan fingerprint density at radius 2 is 1.40 bits per heavy atom. The first kappa shape index (κ1) is 25.5. The third kappa shape index (κ3) is 10.8. The zero-order valence-corrected chi connectivity index (χ0v) is 19.2. The summed E-state index contributed by atoms with van der Waals surface area (Å²) < 4.78 is 15.2. The lowest BCUT2D eigenvalue weighted by molar-refractivity contribution is 0.422. The molecule has 0 radical (unpaired) electrons. The highest BCUT2D eigenvalue weighted by atomic mass is 18.2. The van der Waals surface area contributed by atoms with Crippen LogP contribution in [-0.2, 0) is 25.9 Å². The van der Waals surface area contributed by atoms with E-state index < -0.39 is 0 Å². The zero-order chi connectivity index (χ0) is 22.2. The average Bonchev–Trinajstić information content (AvgIpc) is 3.35. The van der Waals surface area contributed by atoms with Crippen LogP contribution in [0.25, 0.3) is 0 Å². The molecule has 2 aromatic heterocycles. The van der Waals surface area contributed by atoms with Crippen LogP contribution in [0.5, 0.6) is 0 Å². The molecule has 0 spiro atoms. The summed E-state index contributed by atoms with van der Waals surface area (Å²) in [4.78, 5) is 0. The highest BCUT2D eigenvalue weighted by molar-refractivity contribution is 5.21. The molecule has 0 bridgehead atoms. The van der Waals surface area contributed by atoms with Gasteiger partial charge in [0.05, 0.1) is 17.9 Å². The van der Waals surface area contributed by atoms with Gasteiger partial charge in [0.2, 0.25) is 0 Å². The second-order valence-electron chi connectivity index (χ2n) is 7.27. The molecule has 0 aliphatic carbocycles. The molecule has 3 aromatic rings. The maximum absolute atomic E-state index is 11.8. The lowest BCUT2D eigenvalue weighted by atomic mass is 10.1. The van der Waals surface area contributed by atoms with E-state index in [-0.39, 0.29) is 6.67 Å². The molecule has 6 nitrogen and oxygen atoms in total. The number of benzene rings is 1. The van der Waals surface area contributed by atoms with Gasteiger partial charge in [-0.25, -0.2) is 9.07 Å². The van der Waals surface area contributed by atoms with E-state index in [1.165, 1.54) is 28.7 Å². The van der Waals surface area contributed by atoms with Crippen molar-refractivity contribution in [2.75, 3.05) is 6.67 Å². The van der Waals surface area contributed by atoms with Crippen LogP contribution in [-0.4, -0.2) is 36.7 Å². The summed E-state index contributed by atoms with van der Waals surface area (Å²) in [6, 6.07) is 8.76. The van der Waals surface area contributed by atoms with Crippen LogP contribution in [0.2, 0.25) is 0 Å². The van der Waals surface area contributed by atoms with Crippen molar-refractivity contribution in [2.24, 2.45) is 0 Å². The molecule has 2 heterocycles. The third-order valence-corrected chi connectivity index (χ3v) is 4.17. The van der Waals surface area contributed by atoms with Crippen LogP contribution in [0.1, 0.15) is 62.5 Å². The molecule has 0 unspecified atom stereocenters. The highest BCUT2D eigenvalue weighted by Gasteiger charge is 1.97. The molecule has 0 amide bonds. The molecule has 1 aromatic carbocycles. The average molecular weight is 416 g/mol. The van der Waals surface area contributed by atoms with Gasteiger partial charge >= 0.3 is 0 Å². The summed E-state index contributed by atoms with van der Waals surface area (Å²) in [5.74, 6) is 0. The molecule has 0 aliphatic heterocycles. The van der Waals surface area contributed by atoms with Gasteiger partial charge in [-0.1, -0.05) is 73.9 Å². The molecular weight excluding hydrogens is 378 g/mol. The Labute approximate surface area is 180 Å². The number of aromatic nitrogens is 6. The van der Waals surface area contributed by atoms with Gasteiger partial charge in [-0.15, -0.1) is 10.2 Å². The summed E-state index contributed by atoms with van der Waals surface area (Å²) in [5.41, 5.74) is 4.73. The maximum atomic E-state index is 11.8. The zero-order valence-electron chi connectivity index (χ0n) is 19.2. The number of hydrogen-bond acceptors (Lipinski definition) is 4. The number of aryl methyl sites for hydroxylation is 6. The topological polar surface area (TPSA) is 61.4 Å². The number of rotatable bonds is 8. The van der Waals surface area contributed by atoms with E-state index in [0.717, 1.165) is 37.2 Å². The van der Waals surface area contributed by atoms with Crippen LogP contribution >= 0.6 is 0 Å². The van der Waals surface area contributed by atoms with E-state index in [1.807, 2.05) is 17.8 Å². The van der Waals surface area contributed by atoms with Crippen molar-refractivity contribution in [2.45, 2.75) is 79.8 Å². The fourth-order valence-corrected chi connectivity index (χ4v) is 2.68. The molecule has 0 atom stereocenters. The molecule has 3 rings (SSSR count). The van der Waals surface area contributed by atoms with Gasteiger partial charge in [0.1, 0.15) is 6.67 Å². The van der Waals surface area contributed by atoms with Gasteiger partial charge in [-0.3, -0.25) is 4.68 Å². The molecule has 166 valence electrons.